The molecular weight excluding hydrogens is 307 g/mol. The number of nitrogens with one attached hydrogen (secondary N) is 1. The fourth-order valence-electron chi connectivity index (χ4n) is 2.10. The molecule has 3 rings (SSSR count). The van der Waals surface area contributed by atoms with Crippen LogP contribution >= 0.6 is 11.3 Å². The molecule has 1 saturated carbocycles. The van der Waals surface area contributed by atoms with E-state index in [0.717, 1.165) is 0 Å². The summed E-state index contributed by atoms with van der Waals surface area (Å²) in [6.07, 6.45) is 1.16. The molecular formula is C15H13FN2O3S. The first-order valence-electron chi connectivity index (χ1n) is 6.74. The van der Waals surface area contributed by atoms with E-state index in [-0.39, 0.29) is 11.5 Å². The van der Waals surface area contributed by atoms with Crippen LogP contribution in [0.2, 0.25) is 0 Å². The average Bonchev–Trinajstić information content (AvgIpc) is 3.11. The predicted octanol–water partition coefficient (Wildman–Crippen LogP) is 2.22. The Hall–Kier alpha value is -2.28. The molecule has 1 aromatic carbocycles. The minimum absolute atomic E-state index is 0.170. The van der Waals surface area contributed by atoms with Gasteiger partial charge < -0.3 is 10.4 Å². The number of rotatable bonds is 5. The lowest BCUT2D eigenvalue weighted by Crippen LogP contribution is -2.43. The maximum absolute atomic E-state index is 13.6. The van der Waals surface area contributed by atoms with Gasteiger partial charge in [0.05, 0.1) is 5.01 Å². The van der Waals surface area contributed by atoms with E-state index in [4.69, 9.17) is 5.11 Å². The summed E-state index contributed by atoms with van der Waals surface area (Å²) in [4.78, 5) is 27.3. The maximum Gasteiger partial charge on any atom is 0.329 e. The quantitative estimate of drug-likeness (QED) is 0.885. The van der Waals surface area contributed by atoms with Gasteiger partial charge in [-0.25, -0.2) is 14.2 Å². The number of carbonyl (C=O) groups is 2. The Labute approximate surface area is 129 Å². The molecule has 1 heterocycles. The topological polar surface area (TPSA) is 79.3 Å². The summed E-state index contributed by atoms with van der Waals surface area (Å²) >= 11 is 1.25. The van der Waals surface area contributed by atoms with Crippen LogP contribution in [-0.4, -0.2) is 27.5 Å². The summed E-state index contributed by atoms with van der Waals surface area (Å²) in [5, 5.41) is 13.7. The Morgan fingerprint density at radius 1 is 1.36 bits per heavy atom. The molecule has 0 unspecified atom stereocenters. The summed E-state index contributed by atoms with van der Waals surface area (Å²) < 4.78 is 13.6. The predicted molar refractivity (Wildman–Crippen MR) is 78.4 cm³/mol. The van der Waals surface area contributed by atoms with E-state index in [1.54, 1.807) is 23.6 Å². The van der Waals surface area contributed by atoms with Crippen molar-refractivity contribution in [1.82, 2.24) is 10.3 Å². The van der Waals surface area contributed by atoms with Crippen molar-refractivity contribution in [3.8, 4) is 0 Å². The van der Waals surface area contributed by atoms with Crippen molar-refractivity contribution in [2.24, 2.45) is 0 Å². The molecule has 22 heavy (non-hydrogen) atoms. The molecule has 0 aliphatic heterocycles. The van der Waals surface area contributed by atoms with Crippen molar-refractivity contribution in [2.75, 3.05) is 0 Å². The van der Waals surface area contributed by atoms with Gasteiger partial charge in [-0.3, -0.25) is 4.79 Å². The van der Waals surface area contributed by atoms with Gasteiger partial charge >= 0.3 is 5.97 Å². The lowest BCUT2D eigenvalue weighted by molar-refractivity contribution is -0.140. The highest BCUT2D eigenvalue weighted by Gasteiger charge is 2.51. The van der Waals surface area contributed by atoms with Crippen molar-refractivity contribution in [3.05, 3.63) is 51.7 Å². The minimum Gasteiger partial charge on any atom is -0.480 e. The van der Waals surface area contributed by atoms with Crippen LogP contribution in [0, 0.1) is 5.82 Å². The summed E-state index contributed by atoms with van der Waals surface area (Å²) in [7, 11) is 0. The van der Waals surface area contributed by atoms with Gasteiger partial charge in [0.2, 0.25) is 0 Å². The normalized spacial score (nSPS) is 15.3. The van der Waals surface area contributed by atoms with Crippen molar-refractivity contribution >= 4 is 23.2 Å². The van der Waals surface area contributed by atoms with Crippen LogP contribution in [0.4, 0.5) is 4.39 Å². The fourth-order valence-corrected chi connectivity index (χ4v) is 2.90. The molecule has 0 saturated heterocycles. The zero-order chi connectivity index (χ0) is 15.7. The second-order valence-corrected chi connectivity index (χ2v) is 6.18. The molecule has 114 valence electrons. The number of carbonyl (C=O) groups excluding carboxylic acids is 1. The van der Waals surface area contributed by atoms with Crippen molar-refractivity contribution in [3.63, 3.8) is 0 Å². The number of carboxylic acids is 1. The van der Waals surface area contributed by atoms with Crippen LogP contribution in [-0.2, 0) is 11.2 Å². The summed E-state index contributed by atoms with van der Waals surface area (Å²) in [6.45, 7) is 0. The lowest BCUT2D eigenvalue weighted by Gasteiger charge is -2.10. The van der Waals surface area contributed by atoms with E-state index in [1.807, 2.05) is 0 Å². The minimum atomic E-state index is -1.13. The van der Waals surface area contributed by atoms with Crippen molar-refractivity contribution in [2.45, 2.75) is 24.8 Å². The molecule has 1 aliphatic rings. The lowest BCUT2D eigenvalue weighted by atomic mass is 10.1. The summed E-state index contributed by atoms with van der Waals surface area (Å²) in [5.41, 5.74) is -0.455. The molecule has 1 amide bonds. The largest absolute Gasteiger partial charge is 0.480 e. The number of benzene rings is 1. The van der Waals surface area contributed by atoms with Crippen LogP contribution in [0.1, 0.15) is 33.9 Å². The molecule has 0 bridgehead atoms. The molecule has 7 heteroatoms. The smallest absolute Gasteiger partial charge is 0.329 e. The highest BCUT2D eigenvalue weighted by Crippen LogP contribution is 2.35. The molecule has 1 aromatic heterocycles. The van der Waals surface area contributed by atoms with Gasteiger partial charge in [-0.1, -0.05) is 18.2 Å². The van der Waals surface area contributed by atoms with Gasteiger partial charge in [0.15, 0.2) is 0 Å². The number of thiazole rings is 1. The molecule has 0 radical (unpaired) electrons. The first-order valence-corrected chi connectivity index (χ1v) is 7.62. The van der Waals surface area contributed by atoms with Crippen LogP contribution in [0.5, 0.6) is 0 Å². The van der Waals surface area contributed by atoms with E-state index in [2.05, 4.69) is 10.3 Å². The number of amides is 1. The van der Waals surface area contributed by atoms with Gasteiger partial charge in [-0.15, -0.1) is 11.3 Å². The average molecular weight is 320 g/mol. The Bertz CT molecular complexity index is 740. The highest BCUT2D eigenvalue weighted by atomic mass is 32.1. The Balaban J connectivity index is 1.70. The SMILES string of the molecule is O=C(NC1(C(=O)O)CC1)c1csc(Cc2ccccc2F)n1. The third-order valence-corrected chi connectivity index (χ3v) is 4.44. The van der Waals surface area contributed by atoms with Crippen LogP contribution in [0.3, 0.4) is 0 Å². The van der Waals surface area contributed by atoms with Gasteiger partial charge in [0.25, 0.3) is 5.91 Å². The zero-order valence-corrected chi connectivity index (χ0v) is 12.3. The Morgan fingerprint density at radius 3 is 2.73 bits per heavy atom. The number of aliphatic carboxylic acids is 1. The second-order valence-electron chi connectivity index (χ2n) is 5.24. The van der Waals surface area contributed by atoms with Crippen LogP contribution < -0.4 is 5.32 Å². The number of halogens is 1. The van der Waals surface area contributed by atoms with E-state index in [0.29, 0.717) is 29.8 Å². The van der Waals surface area contributed by atoms with Gasteiger partial charge in [-0.2, -0.15) is 0 Å². The first-order chi connectivity index (χ1) is 10.5. The number of hydrogen-bond donors (Lipinski definition) is 2. The monoisotopic (exact) mass is 320 g/mol. The molecule has 2 aromatic rings. The molecule has 0 spiro atoms. The van der Waals surface area contributed by atoms with E-state index in [9.17, 15) is 14.0 Å². The Kier molecular flexibility index (Phi) is 3.66. The van der Waals surface area contributed by atoms with Gasteiger partial charge in [-0.05, 0) is 24.5 Å². The summed E-state index contributed by atoms with van der Waals surface area (Å²) in [6, 6.07) is 6.39. The Morgan fingerprint density at radius 2 is 2.09 bits per heavy atom. The van der Waals surface area contributed by atoms with E-state index in [1.165, 1.54) is 17.4 Å². The highest BCUT2D eigenvalue weighted by molar-refractivity contribution is 7.09. The maximum atomic E-state index is 13.6. The number of aromatic nitrogens is 1. The number of nitrogens with zero attached hydrogens (tertiary/aromatic N) is 1. The van der Waals surface area contributed by atoms with Crippen molar-refractivity contribution in [1.29, 1.82) is 0 Å². The first kappa shape index (κ1) is 14.6. The molecule has 5 nitrogen and oxygen atoms in total. The second kappa shape index (κ2) is 5.49. The molecule has 1 aliphatic carbocycles. The van der Waals surface area contributed by atoms with E-state index >= 15 is 0 Å². The third-order valence-electron chi connectivity index (χ3n) is 3.60. The molecule has 2 N–H and O–H groups in total. The van der Waals surface area contributed by atoms with E-state index < -0.39 is 17.4 Å². The summed E-state index contributed by atoms with van der Waals surface area (Å²) in [5.74, 6) is -1.84. The number of hydrogen-bond acceptors (Lipinski definition) is 4. The molecule has 0 atom stereocenters. The standard InChI is InChI=1S/C15H13FN2O3S/c16-10-4-2-1-3-9(10)7-12-17-11(8-22-12)13(19)18-15(5-6-15)14(20)21/h1-4,8H,5-7H2,(H,18,19)(H,20,21). The zero-order valence-electron chi connectivity index (χ0n) is 11.5. The number of carboxylic acid groups (broad SMARTS) is 1. The third kappa shape index (κ3) is 2.85. The van der Waals surface area contributed by atoms with Gasteiger partial charge in [0.1, 0.15) is 17.1 Å². The fraction of sp³-hybridized carbons (Fsp3) is 0.267. The van der Waals surface area contributed by atoms with Gasteiger partial charge in [0, 0.05) is 11.8 Å². The molecule has 1 fully saturated rings. The van der Waals surface area contributed by atoms with Crippen LogP contribution in [0.15, 0.2) is 29.6 Å². The van der Waals surface area contributed by atoms with Crippen molar-refractivity contribution < 1.29 is 19.1 Å². The van der Waals surface area contributed by atoms with Crippen LogP contribution in [0.25, 0.3) is 0 Å².